The van der Waals surface area contributed by atoms with E-state index in [1.54, 1.807) is 6.07 Å². The van der Waals surface area contributed by atoms with Gasteiger partial charge in [-0.3, -0.25) is 4.57 Å². The molecule has 7 rings (SSSR count). The van der Waals surface area contributed by atoms with E-state index in [2.05, 4.69) is 15.3 Å². The Kier molecular flexibility index (Phi) is 14.0. The first-order valence-electron chi connectivity index (χ1n) is 15.1. The molecule has 3 aromatic heterocycles. The summed E-state index contributed by atoms with van der Waals surface area (Å²) in [5.41, 5.74) is 0.102. The Morgan fingerprint density at radius 1 is 0.769 bits per heavy atom. The van der Waals surface area contributed by atoms with Crippen LogP contribution in [0.5, 0.6) is 0 Å². The number of aromatic nitrogens is 4. The molecule has 1 atom stereocenters. The summed E-state index contributed by atoms with van der Waals surface area (Å²) in [7, 11) is -5.74. The Balaban J connectivity index is 0.00000202. The molecule has 0 fully saturated rings. The zero-order valence-corrected chi connectivity index (χ0v) is 27.2. The van der Waals surface area contributed by atoms with Crippen molar-refractivity contribution in [3.8, 4) is 11.1 Å². The van der Waals surface area contributed by atoms with Crippen LogP contribution >= 0.6 is 18.9 Å². The Labute approximate surface area is 367 Å². The van der Waals surface area contributed by atoms with Gasteiger partial charge in [-0.05, 0) is 46.5 Å². The van der Waals surface area contributed by atoms with Gasteiger partial charge in [0.1, 0.15) is 11.2 Å². The molecule has 7 aromatic rings. The second-order valence-corrected chi connectivity index (χ2v) is 14.3. The predicted molar refractivity (Wildman–Crippen MR) is 204 cm³/mol. The monoisotopic (exact) mass is 768 g/mol. The van der Waals surface area contributed by atoms with Gasteiger partial charge in [-0.1, -0.05) is 96.2 Å². The SMILES string of the molecule is O=C(O)c1ccc2scc(-c3ccc(CC(Cc4ccc(C(F)(F)P(=O)(O)O)cc4)(c4ccccc4)n4nnc5ccccc54)cc3)c2n1.[NaH].[NaH].[NaH]. The zero-order chi connectivity index (χ0) is 34.4. The van der Waals surface area contributed by atoms with Gasteiger partial charge in [0.15, 0.2) is 0 Å². The number of carbonyl (C=O) groups is 1. The third kappa shape index (κ3) is 8.25. The molecular weight excluding hydrogens is 738 g/mol. The van der Waals surface area contributed by atoms with Crippen molar-refractivity contribution >= 4 is 135 Å². The predicted octanol–water partition coefficient (Wildman–Crippen LogP) is 5.92. The maximum absolute atomic E-state index is 14.5. The van der Waals surface area contributed by atoms with Gasteiger partial charge in [0, 0.05) is 29.3 Å². The van der Waals surface area contributed by atoms with Gasteiger partial charge in [-0.15, -0.1) is 16.4 Å². The van der Waals surface area contributed by atoms with Crippen LogP contribution in [0.25, 0.3) is 32.4 Å². The van der Waals surface area contributed by atoms with Crippen molar-refractivity contribution in [2.75, 3.05) is 0 Å². The van der Waals surface area contributed by atoms with E-state index in [9.17, 15) is 33.0 Å². The molecule has 3 heterocycles. The van der Waals surface area contributed by atoms with E-state index in [1.807, 2.05) is 88.9 Å². The van der Waals surface area contributed by atoms with Crippen LogP contribution in [0.15, 0.2) is 121 Å². The van der Waals surface area contributed by atoms with Gasteiger partial charge in [-0.2, -0.15) is 8.78 Å². The molecule has 0 amide bonds. The molecule has 0 saturated heterocycles. The summed E-state index contributed by atoms with van der Waals surface area (Å²) < 4.78 is 43.4. The number of para-hydroxylation sites is 1. The fraction of sp³-hybridized carbons (Fsp3) is 0.111. The van der Waals surface area contributed by atoms with Crippen LogP contribution in [0.4, 0.5) is 8.78 Å². The molecule has 0 aliphatic rings. The average Bonchev–Trinajstić information content (AvgIpc) is 3.73. The molecule has 16 heteroatoms. The summed E-state index contributed by atoms with van der Waals surface area (Å²) in [6.07, 6.45) is 0.668. The van der Waals surface area contributed by atoms with Crippen LogP contribution in [0.2, 0.25) is 0 Å². The summed E-state index contributed by atoms with van der Waals surface area (Å²) in [5.74, 6) is -1.10. The van der Waals surface area contributed by atoms with Crippen LogP contribution in [-0.2, 0) is 28.6 Å². The summed E-state index contributed by atoms with van der Waals surface area (Å²) >= 11 is 1.48. The molecule has 4 aromatic carbocycles. The van der Waals surface area contributed by atoms with Gasteiger partial charge in [0.25, 0.3) is 0 Å². The number of carboxylic acids is 1. The molecular formula is C36H30F2N4Na3O5PS. The molecule has 0 aliphatic heterocycles. The van der Waals surface area contributed by atoms with Crippen molar-refractivity contribution in [2.24, 2.45) is 0 Å². The minimum atomic E-state index is -5.74. The van der Waals surface area contributed by atoms with Crippen LogP contribution in [0.1, 0.15) is 32.7 Å². The molecule has 252 valence electrons. The number of pyridine rings is 1. The first-order chi connectivity index (χ1) is 23.5. The summed E-state index contributed by atoms with van der Waals surface area (Å²) in [6, 6.07) is 33.4. The van der Waals surface area contributed by atoms with Crippen molar-refractivity contribution in [1.29, 1.82) is 0 Å². The van der Waals surface area contributed by atoms with Crippen LogP contribution in [0.3, 0.4) is 0 Å². The van der Waals surface area contributed by atoms with Crippen molar-refractivity contribution in [3.05, 3.63) is 149 Å². The number of halogens is 2. The van der Waals surface area contributed by atoms with E-state index in [-0.39, 0.29) is 101 Å². The van der Waals surface area contributed by atoms with E-state index in [1.165, 1.54) is 29.5 Å². The fourth-order valence-electron chi connectivity index (χ4n) is 6.18. The molecule has 52 heavy (non-hydrogen) atoms. The second-order valence-electron chi connectivity index (χ2n) is 11.7. The van der Waals surface area contributed by atoms with Crippen molar-refractivity contribution in [3.63, 3.8) is 0 Å². The topological polar surface area (TPSA) is 138 Å². The number of fused-ring (bicyclic) bond motifs is 2. The summed E-state index contributed by atoms with van der Waals surface area (Å²) in [5, 5.41) is 20.5. The number of aromatic carboxylic acids is 1. The summed E-state index contributed by atoms with van der Waals surface area (Å²) in [4.78, 5) is 34.5. The number of alkyl halides is 2. The molecule has 0 spiro atoms. The van der Waals surface area contributed by atoms with Gasteiger partial charge in [0.05, 0.1) is 21.3 Å². The van der Waals surface area contributed by atoms with Gasteiger partial charge >= 0.3 is 108 Å². The number of hydrogen-bond acceptors (Lipinski definition) is 6. The van der Waals surface area contributed by atoms with Crippen LogP contribution < -0.4 is 0 Å². The van der Waals surface area contributed by atoms with E-state index >= 15 is 0 Å². The normalized spacial score (nSPS) is 12.7. The minimum absolute atomic E-state index is 0. The molecule has 0 aliphatic carbocycles. The first kappa shape index (κ1) is 42.6. The van der Waals surface area contributed by atoms with Gasteiger partial charge < -0.3 is 14.9 Å². The number of nitrogens with zero attached hydrogens (tertiary/aromatic N) is 4. The van der Waals surface area contributed by atoms with Crippen molar-refractivity contribution < 1.29 is 33.0 Å². The molecule has 0 bridgehead atoms. The molecule has 9 nitrogen and oxygen atoms in total. The Morgan fingerprint density at radius 2 is 1.37 bits per heavy atom. The molecule has 0 saturated carbocycles. The Bertz CT molecular complexity index is 2380. The van der Waals surface area contributed by atoms with E-state index < -0.39 is 30.3 Å². The van der Waals surface area contributed by atoms with Crippen LogP contribution in [-0.4, -0.2) is 130 Å². The third-order valence-corrected chi connectivity index (χ3v) is 10.6. The average molecular weight is 769 g/mol. The number of benzene rings is 4. The zero-order valence-electron chi connectivity index (χ0n) is 25.5. The van der Waals surface area contributed by atoms with Crippen molar-refractivity contribution in [2.45, 2.75) is 24.0 Å². The van der Waals surface area contributed by atoms with E-state index in [0.717, 1.165) is 44.6 Å². The first-order valence-corrected chi connectivity index (χ1v) is 17.6. The third-order valence-electron chi connectivity index (χ3n) is 8.63. The second kappa shape index (κ2) is 17.1. The number of carboxylic acid groups (broad SMARTS) is 1. The number of thiophene rings is 1. The molecule has 1 unspecified atom stereocenters. The number of rotatable bonds is 10. The number of hydrogen-bond donors (Lipinski definition) is 3. The Morgan fingerprint density at radius 3 is 1.98 bits per heavy atom. The van der Waals surface area contributed by atoms with E-state index in [0.29, 0.717) is 23.0 Å². The van der Waals surface area contributed by atoms with Crippen LogP contribution in [0, 0.1) is 0 Å². The van der Waals surface area contributed by atoms with Crippen molar-refractivity contribution in [1.82, 2.24) is 20.0 Å². The Hall–Kier alpha value is -2.13. The quantitative estimate of drug-likeness (QED) is 0.115. The maximum atomic E-state index is 14.5. The fourth-order valence-corrected chi connectivity index (χ4v) is 7.57. The van der Waals surface area contributed by atoms with Gasteiger partial charge in [-0.25, -0.2) is 14.5 Å². The summed E-state index contributed by atoms with van der Waals surface area (Å²) in [6.45, 7) is 0. The van der Waals surface area contributed by atoms with E-state index in [4.69, 9.17) is 0 Å². The van der Waals surface area contributed by atoms with Gasteiger partial charge in [0.2, 0.25) is 0 Å². The molecule has 3 N–H and O–H groups in total. The standard InChI is InChI=1S/C36H27F2N4O5PS.3Na.3H/c37-36(38,48(45,46)47)27-16-12-24(13-17-27)21-35(26-6-2-1-3-7-26,42-31-9-5-4-8-29(31)40-41-42)20-23-10-14-25(15-11-23)28-22-49-32-19-18-30(34(43)44)39-33(28)32;;;;;;/h1-19,22H,20-21H2,(H,43,44)(H2,45,46,47);;;;;;. The molecule has 0 radical (unpaired) electrons.